The molecule has 2 saturated heterocycles. The molecule has 3 aliphatic heterocycles. The summed E-state index contributed by atoms with van der Waals surface area (Å²) in [5, 5.41) is 14.9. The van der Waals surface area contributed by atoms with E-state index in [4.69, 9.17) is 0 Å². The summed E-state index contributed by atoms with van der Waals surface area (Å²) in [6, 6.07) is 5.11. The molecular formula is C23H25N3O7. The van der Waals surface area contributed by atoms with Crippen LogP contribution in [0.15, 0.2) is 42.5 Å². The first kappa shape index (κ1) is 22.7. The minimum atomic E-state index is -1.43. The van der Waals surface area contributed by atoms with E-state index in [0.717, 1.165) is 0 Å². The zero-order valence-electron chi connectivity index (χ0n) is 17.8. The fraction of sp³-hybridized carbons (Fsp3) is 0.435. The molecule has 4 rings (SSSR count). The monoisotopic (exact) mass is 455 g/mol. The highest BCUT2D eigenvalue weighted by molar-refractivity contribution is 6.43. The van der Waals surface area contributed by atoms with Crippen LogP contribution in [0.2, 0.25) is 0 Å². The number of hydrogen-bond acceptors (Lipinski definition) is 7. The topological polar surface area (TPSA) is 142 Å². The number of nitrogens with one attached hydrogen (secondary N) is 2. The molecule has 0 saturated carbocycles. The molecule has 174 valence electrons. The largest absolute Gasteiger partial charge is 0.434 e. The predicted molar refractivity (Wildman–Crippen MR) is 113 cm³/mol. The fourth-order valence-corrected chi connectivity index (χ4v) is 4.48. The molecular weight excluding hydrogens is 430 g/mol. The maximum atomic E-state index is 13.4. The van der Waals surface area contributed by atoms with Gasteiger partial charge in [0.2, 0.25) is 23.9 Å². The van der Waals surface area contributed by atoms with Crippen molar-refractivity contribution in [2.75, 3.05) is 0 Å². The average molecular weight is 455 g/mol. The predicted octanol–water partition coefficient (Wildman–Crippen LogP) is -0.186. The van der Waals surface area contributed by atoms with E-state index in [9.17, 15) is 29.1 Å². The van der Waals surface area contributed by atoms with Gasteiger partial charge in [0, 0.05) is 11.6 Å². The van der Waals surface area contributed by atoms with Crippen LogP contribution < -0.4 is 10.6 Å². The summed E-state index contributed by atoms with van der Waals surface area (Å²) in [4.78, 5) is 64.2. The molecule has 5 atom stereocenters. The van der Waals surface area contributed by atoms with Gasteiger partial charge in [-0.15, -0.1) is 0 Å². The number of aliphatic hydroxyl groups excluding tert-OH is 1. The van der Waals surface area contributed by atoms with Crippen molar-refractivity contribution in [3.8, 4) is 0 Å². The van der Waals surface area contributed by atoms with Crippen LogP contribution >= 0.6 is 0 Å². The second-order valence-corrected chi connectivity index (χ2v) is 8.36. The number of cyclic esters (lactones) is 1. The van der Waals surface area contributed by atoms with Crippen molar-refractivity contribution in [2.45, 2.75) is 62.6 Å². The molecule has 10 nitrogen and oxygen atoms in total. The molecule has 5 unspecified atom stereocenters. The summed E-state index contributed by atoms with van der Waals surface area (Å²) >= 11 is 0. The number of esters is 1. The smallest absolute Gasteiger partial charge is 0.310 e. The molecule has 1 aromatic carbocycles. The minimum Gasteiger partial charge on any atom is -0.434 e. The Morgan fingerprint density at radius 1 is 1.00 bits per heavy atom. The number of ether oxygens (including phenoxy) is 1. The van der Waals surface area contributed by atoms with Crippen molar-refractivity contribution >= 4 is 29.5 Å². The number of carbonyl (C=O) groups is 5. The Labute approximate surface area is 190 Å². The van der Waals surface area contributed by atoms with Crippen molar-refractivity contribution in [1.82, 2.24) is 15.5 Å². The highest BCUT2D eigenvalue weighted by Gasteiger charge is 2.45. The molecule has 0 aromatic heterocycles. The number of fused-ring (bicyclic) bond motifs is 1. The van der Waals surface area contributed by atoms with Gasteiger partial charge in [0.25, 0.3) is 5.91 Å². The van der Waals surface area contributed by atoms with Gasteiger partial charge in [-0.25, -0.2) is 0 Å². The summed E-state index contributed by atoms with van der Waals surface area (Å²) < 4.78 is 4.65. The molecule has 3 heterocycles. The van der Waals surface area contributed by atoms with E-state index in [1.165, 1.54) is 17.0 Å². The molecule has 0 radical (unpaired) electrons. The van der Waals surface area contributed by atoms with Crippen molar-refractivity contribution in [3.05, 3.63) is 48.0 Å². The lowest BCUT2D eigenvalue weighted by Crippen LogP contribution is -2.57. The number of nitrogens with zero attached hydrogens (tertiary/aromatic N) is 1. The van der Waals surface area contributed by atoms with Gasteiger partial charge in [0.1, 0.15) is 18.1 Å². The molecule has 0 bridgehead atoms. The van der Waals surface area contributed by atoms with Gasteiger partial charge in [-0.3, -0.25) is 24.0 Å². The Morgan fingerprint density at radius 2 is 1.73 bits per heavy atom. The van der Waals surface area contributed by atoms with E-state index in [1.807, 2.05) is 6.08 Å². The SMILES string of the molecule is O=C1CC(NC(=O)C2CCC3C/C=C\CC(NC(=O)C(=O)c4ccccc4)C(=O)N32)C(O)O1. The van der Waals surface area contributed by atoms with Crippen LogP contribution in [-0.2, 0) is 23.9 Å². The number of rotatable bonds is 5. The Hall–Kier alpha value is -3.53. The van der Waals surface area contributed by atoms with Gasteiger partial charge in [-0.2, -0.15) is 0 Å². The normalized spacial score (nSPS) is 30.0. The van der Waals surface area contributed by atoms with Crippen LogP contribution in [0.4, 0.5) is 0 Å². The number of ketones is 1. The third-order valence-electron chi connectivity index (χ3n) is 6.16. The van der Waals surface area contributed by atoms with Crippen molar-refractivity contribution in [1.29, 1.82) is 0 Å². The van der Waals surface area contributed by atoms with Crippen molar-refractivity contribution in [2.24, 2.45) is 0 Å². The highest BCUT2D eigenvalue weighted by atomic mass is 16.6. The van der Waals surface area contributed by atoms with E-state index in [-0.39, 0.29) is 24.4 Å². The van der Waals surface area contributed by atoms with Gasteiger partial charge in [-0.1, -0.05) is 42.5 Å². The summed E-state index contributed by atoms with van der Waals surface area (Å²) in [6.45, 7) is 0. The standard InChI is InChI=1S/C23H25N3O7/c27-18-12-16(23(32)33-18)25-20(29)17-11-10-14-8-4-5-9-15(22(31)26(14)17)24-21(30)19(28)13-6-2-1-3-7-13/h1-7,14-17,23,32H,8-12H2,(H,24,30)(H,25,29)/b5-4-. The minimum absolute atomic E-state index is 0.153. The average Bonchev–Trinajstić information content (AvgIpc) is 3.36. The molecule has 3 amide bonds. The quantitative estimate of drug-likeness (QED) is 0.242. The zero-order valence-corrected chi connectivity index (χ0v) is 17.8. The van der Waals surface area contributed by atoms with Crippen LogP contribution in [0, 0.1) is 0 Å². The molecule has 1 aromatic rings. The van der Waals surface area contributed by atoms with Crippen LogP contribution in [0.3, 0.4) is 0 Å². The lowest BCUT2D eigenvalue weighted by Gasteiger charge is -2.34. The molecule has 0 aliphatic carbocycles. The van der Waals surface area contributed by atoms with Crippen molar-refractivity contribution < 1.29 is 33.8 Å². The zero-order chi connectivity index (χ0) is 23.5. The van der Waals surface area contributed by atoms with E-state index >= 15 is 0 Å². The van der Waals surface area contributed by atoms with Crippen LogP contribution in [0.25, 0.3) is 0 Å². The Kier molecular flexibility index (Phi) is 6.55. The van der Waals surface area contributed by atoms with Crippen LogP contribution in [-0.4, -0.2) is 69.9 Å². The lowest BCUT2D eigenvalue weighted by atomic mass is 10.0. The van der Waals surface area contributed by atoms with E-state index in [2.05, 4.69) is 15.4 Å². The first-order valence-electron chi connectivity index (χ1n) is 10.9. The summed E-state index contributed by atoms with van der Waals surface area (Å²) in [5.41, 5.74) is 0.215. The first-order valence-corrected chi connectivity index (χ1v) is 10.9. The number of carbonyl (C=O) groups excluding carboxylic acids is 5. The molecule has 3 N–H and O–H groups in total. The Bertz CT molecular complexity index is 993. The van der Waals surface area contributed by atoms with Gasteiger partial charge in [-0.05, 0) is 25.7 Å². The number of amides is 3. The number of hydrogen-bond donors (Lipinski definition) is 3. The third-order valence-corrected chi connectivity index (χ3v) is 6.16. The second-order valence-electron chi connectivity index (χ2n) is 8.36. The van der Waals surface area contributed by atoms with Gasteiger partial charge < -0.3 is 25.4 Å². The van der Waals surface area contributed by atoms with E-state index in [0.29, 0.717) is 19.3 Å². The van der Waals surface area contributed by atoms with E-state index in [1.54, 1.807) is 24.3 Å². The molecule has 0 spiro atoms. The maximum absolute atomic E-state index is 13.4. The van der Waals surface area contributed by atoms with Gasteiger partial charge in [0.05, 0.1) is 6.42 Å². The number of aliphatic hydroxyl groups is 1. The van der Waals surface area contributed by atoms with Crippen LogP contribution in [0.1, 0.15) is 42.5 Å². The highest BCUT2D eigenvalue weighted by Crippen LogP contribution is 2.30. The molecule has 10 heteroatoms. The lowest BCUT2D eigenvalue weighted by molar-refractivity contribution is -0.155. The van der Waals surface area contributed by atoms with Crippen molar-refractivity contribution in [3.63, 3.8) is 0 Å². The Morgan fingerprint density at radius 3 is 2.42 bits per heavy atom. The Balaban J connectivity index is 1.48. The molecule has 33 heavy (non-hydrogen) atoms. The summed E-state index contributed by atoms with van der Waals surface area (Å²) in [5.74, 6) is -3.20. The third kappa shape index (κ3) is 4.80. The fourth-order valence-electron chi connectivity index (χ4n) is 4.48. The molecule has 2 fully saturated rings. The molecule has 3 aliphatic rings. The van der Waals surface area contributed by atoms with Gasteiger partial charge >= 0.3 is 5.97 Å². The second kappa shape index (κ2) is 9.53. The number of Topliss-reactive ketones (excluding diaryl/α,β-unsaturated/α-hetero) is 1. The van der Waals surface area contributed by atoms with Crippen LogP contribution in [0.5, 0.6) is 0 Å². The summed E-state index contributed by atoms with van der Waals surface area (Å²) in [7, 11) is 0. The number of benzene rings is 1. The summed E-state index contributed by atoms with van der Waals surface area (Å²) in [6.07, 6.45) is 3.84. The maximum Gasteiger partial charge on any atom is 0.310 e. The van der Waals surface area contributed by atoms with Gasteiger partial charge in [0.15, 0.2) is 0 Å². The first-order chi connectivity index (χ1) is 15.8. The van der Waals surface area contributed by atoms with E-state index < -0.39 is 53.9 Å².